The van der Waals surface area contributed by atoms with Gasteiger partial charge in [-0.05, 0) is 44.5 Å². The van der Waals surface area contributed by atoms with Gasteiger partial charge in [-0.15, -0.1) is 11.3 Å². The predicted octanol–water partition coefficient (Wildman–Crippen LogP) is 6.45. The molecule has 0 radical (unpaired) electrons. The van der Waals surface area contributed by atoms with Crippen molar-refractivity contribution in [2.45, 2.75) is 57.8 Å². The number of anilines is 2. The lowest BCUT2D eigenvalue weighted by Crippen LogP contribution is -2.52. The number of nitrogens with two attached hydrogens (primary N) is 1. The van der Waals surface area contributed by atoms with Crippen molar-refractivity contribution in [2.75, 3.05) is 50.0 Å². The van der Waals surface area contributed by atoms with Gasteiger partial charge in [0.05, 0.1) is 23.1 Å². The maximum absolute atomic E-state index is 16.9. The van der Waals surface area contributed by atoms with Gasteiger partial charge < -0.3 is 25.6 Å². The van der Waals surface area contributed by atoms with Crippen LogP contribution in [0, 0.1) is 28.5 Å². The standard InChI is InChI=1S/C33H34F6N8OS/c1-3-46-9-8-21(28(35)36)32(2,14-46)15-48-31-44-26-19(30(45-31)47-12-16-4-5-17(13-47)43-16)11-42-27(25(26)34)24-20(33(37,38)39)6-7-22-23(24)18(10-40)29(41)49-22/h6-7,11,16-17,21,28,43H,3-5,8-9,12-15,41H2,1-2H3/t16-,17+,21-,32+/m1/s1. The molecule has 6 heterocycles. The Kier molecular flexibility index (Phi) is 8.51. The quantitative estimate of drug-likeness (QED) is 0.210. The number of piperidine rings is 1. The van der Waals surface area contributed by atoms with Crippen molar-refractivity contribution in [2.24, 2.45) is 11.3 Å². The summed E-state index contributed by atoms with van der Waals surface area (Å²) < 4.78 is 95.1. The van der Waals surface area contributed by atoms with Crippen molar-refractivity contribution in [1.82, 2.24) is 25.2 Å². The first-order chi connectivity index (χ1) is 23.3. The van der Waals surface area contributed by atoms with Gasteiger partial charge in [0.1, 0.15) is 28.1 Å². The number of fused-ring (bicyclic) bond motifs is 4. The van der Waals surface area contributed by atoms with E-state index in [-0.39, 0.29) is 68.5 Å². The summed E-state index contributed by atoms with van der Waals surface area (Å²) in [5.41, 5.74) is 2.01. The lowest BCUT2D eigenvalue weighted by Gasteiger charge is -2.45. The number of pyridine rings is 1. The Morgan fingerprint density at radius 1 is 1.18 bits per heavy atom. The SMILES string of the molecule is CCN1CC[C@H](C(F)F)[C@](C)(COc2nc(N3C[C@H]4CC[C@@H](C3)N4)c3cnc(-c4c(C(F)(F)F)ccc5sc(N)c(C#N)c45)c(F)c3n2)C1. The highest BCUT2D eigenvalue weighted by atomic mass is 32.1. The molecule has 9 nitrogen and oxygen atoms in total. The third-order valence-electron chi connectivity index (χ3n) is 10.2. The number of nitrogen functional groups attached to an aromatic ring is 1. The summed E-state index contributed by atoms with van der Waals surface area (Å²) in [4.78, 5) is 17.2. The second-order valence-electron chi connectivity index (χ2n) is 13.4. The number of alkyl halides is 5. The summed E-state index contributed by atoms with van der Waals surface area (Å²) in [5.74, 6) is -1.83. The Balaban J connectivity index is 1.39. The lowest BCUT2D eigenvalue weighted by molar-refractivity contribution is -0.137. The Hall–Kier alpha value is -3.94. The van der Waals surface area contributed by atoms with E-state index in [1.807, 2.05) is 17.9 Å². The average molecular weight is 705 g/mol. The molecule has 0 saturated carbocycles. The molecule has 3 saturated heterocycles. The highest BCUT2D eigenvalue weighted by Crippen LogP contribution is 2.47. The van der Waals surface area contributed by atoms with Crippen molar-refractivity contribution >= 4 is 43.1 Å². The van der Waals surface area contributed by atoms with Crippen LogP contribution >= 0.6 is 11.3 Å². The molecule has 4 atom stereocenters. The summed E-state index contributed by atoms with van der Waals surface area (Å²) in [6.45, 7) is 6.09. The molecule has 49 heavy (non-hydrogen) atoms. The Morgan fingerprint density at radius 2 is 1.92 bits per heavy atom. The van der Waals surface area contributed by atoms with Crippen molar-refractivity contribution in [1.29, 1.82) is 5.26 Å². The molecule has 3 aliphatic heterocycles. The van der Waals surface area contributed by atoms with Gasteiger partial charge in [0.2, 0.25) is 6.43 Å². The first-order valence-corrected chi connectivity index (χ1v) is 17.0. The number of halogens is 6. The number of hydrogen-bond acceptors (Lipinski definition) is 10. The minimum Gasteiger partial charge on any atom is -0.463 e. The molecular weight excluding hydrogens is 670 g/mol. The van der Waals surface area contributed by atoms with Crippen LogP contribution in [0.25, 0.3) is 32.2 Å². The number of nitriles is 1. The van der Waals surface area contributed by atoms with E-state index < -0.39 is 46.6 Å². The van der Waals surface area contributed by atoms with Gasteiger partial charge in [-0.2, -0.15) is 28.4 Å². The van der Waals surface area contributed by atoms with E-state index in [1.54, 1.807) is 6.92 Å². The molecule has 3 aliphatic rings. The first kappa shape index (κ1) is 33.6. The number of likely N-dealkylation sites (tertiary alicyclic amines) is 1. The summed E-state index contributed by atoms with van der Waals surface area (Å²) >= 11 is 0.917. The molecule has 3 N–H and O–H groups in total. The third-order valence-corrected chi connectivity index (χ3v) is 11.2. The van der Waals surface area contributed by atoms with Gasteiger partial charge in [0, 0.05) is 64.9 Å². The van der Waals surface area contributed by atoms with Gasteiger partial charge >= 0.3 is 12.2 Å². The number of aromatic nitrogens is 3. The zero-order chi connectivity index (χ0) is 34.8. The summed E-state index contributed by atoms with van der Waals surface area (Å²) in [5, 5.41) is 13.4. The van der Waals surface area contributed by atoms with Crippen LogP contribution in [0.1, 0.15) is 44.2 Å². The van der Waals surface area contributed by atoms with Crippen LogP contribution in [0.5, 0.6) is 6.01 Å². The molecular formula is C33H34F6N8OS. The van der Waals surface area contributed by atoms with Gasteiger partial charge in [0.25, 0.3) is 0 Å². The minimum atomic E-state index is -4.93. The zero-order valence-corrected chi connectivity index (χ0v) is 27.6. The van der Waals surface area contributed by atoms with E-state index >= 15 is 4.39 Å². The van der Waals surface area contributed by atoms with Crippen LogP contribution < -0.4 is 20.7 Å². The number of ether oxygens (including phenoxy) is 1. The van der Waals surface area contributed by atoms with E-state index in [4.69, 9.17) is 10.5 Å². The normalized spacial score (nSPS) is 24.7. The van der Waals surface area contributed by atoms with Gasteiger partial charge in [-0.1, -0.05) is 13.8 Å². The van der Waals surface area contributed by atoms with Crippen molar-refractivity contribution in [3.63, 3.8) is 0 Å². The summed E-state index contributed by atoms with van der Waals surface area (Å²) in [6.07, 6.45) is -4.14. The topological polar surface area (TPSA) is 116 Å². The molecule has 3 aromatic heterocycles. The zero-order valence-electron chi connectivity index (χ0n) is 26.8. The molecule has 0 spiro atoms. The number of rotatable bonds is 7. The third kappa shape index (κ3) is 5.89. The van der Waals surface area contributed by atoms with Gasteiger partial charge in [-0.3, -0.25) is 4.98 Å². The monoisotopic (exact) mass is 704 g/mol. The van der Waals surface area contributed by atoms with Gasteiger partial charge in [-0.25, -0.2) is 13.2 Å². The number of nitrogens with zero attached hydrogens (tertiary/aromatic N) is 6. The first-order valence-electron chi connectivity index (χ1n) is 16.1. The summed E-state index contributed by atoms with van der Waals surface area (Å²) in [6, 6.07) is 3.91. The molecule has 4 aromatic rings. The lowest BCUT2D eigenvalue weighted by atomic mass is 9.73. The fourth-order valence-electron chi connectivity index (χ4n) is 7.73. The Labute approximate surface area is 282 Å². The van der Waals surface area contributed by atoms with Crippen LogP contribution in [0.3, 0.4) is 0 Å². The number of nitrogens with one attached hydrogen (secondary N) is 1. The van der Waals surface area contributed by atoms with Crippen LogP contribution in [0.15, 0.2) is 18.3 Å². The maximum atomic E-state index is 16.9. The van der Waals surface area contributed by atoms with E-state index in [0.29, 0.717) is 32.7 Å². The van der Waals surface area contributed by atoms with Crippen molar-refractivity contribution < 1.29 is 31.1 Å². The van der Waals surface area contributed by atoms with E-state index in [0.717, 1.165) is 30.2 Å². The highest BCUT2D eigenvalue weighted by molar-refractivity contribution is 7.23. The average Bonchev–Trinajstić information content (AvgIpc) is 3.58. The number of thiophene rings is 1. The van der Waals surface area contributed by atoms with Crippen LogP contribution in [0.4, 0.5) is 37.2 Å². The predicted molar refractivity (Wildman–Crippen MR) is 174 cm³/mol. The second kappa shape index (κ2) is 12.4. The van der Waals surface area contributed by atoms with E-state index in [2.05, 4.69) is 25.2 Å². The molecule has 0 unspecified atom stereocenters. The molecule has 7 rings (SSSR count). The van der Waals surface area contributed by atoms with Crippen molar-refractivity contribution in [3.05, 3.63) is 35.3 Å². The van der Waals surface area contributed by atoms with E-state index in [9.17, 15) is 27.2 Å². The highest BCUT2D eigenvalue weighted by Gasteiger charge is 2.45. The van der Waals surface area contributed by atoms with Crippen LogP contribution in [-0.4, -0.2) is 77.7 Å². The molecule has 260 valence electrons. The largest absolute Gasteiger partial charge is 0.463 e. The molecule has 0 aliphatic carbocycles. The Bertz CT molecular complexity index is 1950. The molecule has 1 aromatic carbocycles. The Morgan fingerprint density at radius 3 is 2.57 bits per heavy atom. The number of hydrogen-bond donors (Lipinski definition) is 2. The maximum Gasteiger partial charge on any atom is 0.417 e. The molecule has 0 amide bonds. The van der Waals surface area contributed by atoms with Crippen LogP contribution in [-0.2, 0) is 6.18 Å². The van der Waals surface area contributed by atoms with E-state index in [1.165, 1.54) is 12.3 Å². The summed E-state index contributed by atoms with van der Waals surface area (Å²) in [7, 11) is 0. The van der Waals surface area contributed by atoms with Crippen molar-refractivity contribution in [3.8, 4) is 23.3 Å². The minimum absolute atomic E-state index is 0.00662. The smallest absolute Gasteiger partial charge is 0.417 e. The molecule has 2 bridgehead atoms. The number of piperazine rings is 1. The van der Waals surface area contributed by atoms with Gasteiger partial charge in [0.15, 0.2) is 5.82 Å². The second-order valence-corrected chi connectivity index (χ2v) is 14.5. The fraction of sp³-hybridized carbons (Fsp3) is 0.515. The molecule has 3 fully saturated rings. The molecule has 16 heteroatoms. The fourth-order valence-corrected chi connectivity index (χ4v) is 8.66. The number of benzene rings is 1. The van der Waals surface area contributed by atoms with Crippen LogP contribution in [0.2, 0.25) is 0 Å².